The van der Waals surface area contributed by atoms with E-state index in [4.69, 9.17) is 5.73 Å². The number of Topliss-reactive ketones (excluding diaryl/α,β-unsaturated/α-hetero) is 1. The van der Waals surface area contributed by atoms with Gasteiger partial charge in [0.05, 0.1) is 12.6 Å². The minimum atomic E-state index is -0.645. The van der Waals surface area contributed by atoms with Gasteiger partial charge in [0.2, 0.25) is 5.91 Å². The molecule has 3 N–H and O–H groups in total. The van der Waals surface area contributed by atoms with E-state index in [0.29, 0.717) is 6.42 Å². The third-order valence-corrected chi connectivity index (χ3v) is 1.73. The normalized spacial score (nSPS) is 10.5. The van der Waals surface area contributed by atoms with Gasteiger partial charge in [-0.15, -0.1) is 0 Å². The van der Waals surface area contributed by atoms with E-state index in [-0.39, 0.29) is 18.2 Å². The largest absolute Gasteiger partial charge is 0.348 e. The number of nitrogens with two attached hydrogens (primary N) is 1. The summed E-state index contributed by atoms with van der Waals surface area (Å²) in [6, 6.07) is -0.645. The fourth-order valence-corrected chi connectivity index (χ4v) is 1.02. The van der Waals surface area contributed by atoms with E-state index in [1.54, 1.807) is 6.08 Å². The molecule has 0 rings (SSSR count). The number of hydrogen-bond donors (Lipinski definition) is 2. The molecule has 1 unspecified atom stereocenters. The fourth-order valence-electron chi connectivity index (χ4n) is 1.02. The lowest BCUT2D eigenvalue weighted by Crippen LogP contribution is -2.42. The summed E-state index contributed by atoms with van der Waals surface area (Å²) in [5.74, 6) is -0.418. The highest BCUT2D eigenvalue weighted by molar-refractivity contribution is 5.87. The van der Waals surface area contributed by atoms with Crippen molar-refractivity contribution in [1.29, 1.82) is 0 Å². The minimum absolute atomic E-state index is 0.0304. The maximum absolute atomic E-state index is 11.3. The van der Waals surface area contributed by atoms with Gasteiger partial charge in [-0.3, -0.25) is 9.59 Å². The van der Waals surface area contributed by atoms with Crippen LogP contribution in [0.3, 0.4) is 0 Å². The Morgan fingerprint density at radius 2 is 1.74 bits per heavy atom. The highest BCUT2D eigenvalue weighted by atomic mass is 16.2. The van der Waals surface area contributed by atoms with Crippen LogP contribution in [0.25, 0.3) is 0 Å². The quantitative estimate of drug-likeness (QED) is 0.729. The molecule has 0 fully saturated rings. The first kappa shape index (κ1) is 22.7. The van der Waals surface area contributed by atoms with E-state index in [2.05, 4.69) is 11.9 Å². The molecule has 0 saturated heterocycles. The zero-order valence-corrected chi connectivity index (χ0v) is 13.2. The van der Waals surface area contributed by atoms with E-state index < -0.39 is 6.04 Å². The van der Waals surface area contributed by atoms with E-state index in [1.165, 1.54) is 6.92 Å². The molecule has 0 saturated carbocycles. The van der Waals surface area contributed by atoms with Gasteiger partial charge in [-0.05, 0) is 20.3 Å². The van der Waals surface area contributed by atoms with Crippen LogP contribution >= 0.6 is 0 Å². The lowest BCUT2D eigenvalue weighted by atomic mass is 10.1. The number of nitrogens with one attached hydrogen (secondary N) is 1. The number of rotatable bonds is 6. The summed E-state index contributed by atoms with van der Waals surface area (Å²) in [7, 11) is 0. The SMILES string of the molecule is C=C(/C=C\C)CC(N)C(=O)NCC(C)=O.CC.CC. The predicted octanol–water partition coefficient (Wildman–Crippen LogP) is 2.59. The van der Waals surface area contributed by atoms with Crippen LogP contribution in [0.1, 0.15) is 48.0 Å². The molecule has 0 aliphatic carbocycles. The van der Waals surface area contributed by atoms with E-state index in [9.17, 15) is 9.59 Å². The second-order valence-corrected chi connectivity index (χ2v) is 3.39. The minimum Gasteiger partial charge on any atom is -0.348 e. The van der Waals surface area contributed by atoms with Crippen molar-refractivity contribution in [2.24, 2.45) is 5.73 Å². The van der Waals surface area contributed by atoms with Crippen molar-refractivity contribution in [1.82, 2.24) is 5.32 Å². The van der Waals surface area contributed by atoms with Gasteiger partial charge < -0.3 is 11.1 Å². The highest BCUT2D eigenvalue weighted by Gasteiger charge is 2.13. The summed E-state index contributed by atoms with van der Waals surface area (Å²) in [5, 5.41) is 2.45. The van der Waals surface area contributed by atoms with Crippen LogP contribution in [0.15, 0.2) is 24.3 Å². The third kappa shape index (κ3) is 16.6. The Bertz CT molecular complexity index is 284. The van der Waals surface area contributed by atoms with E-state index >= 15 is 0 Å². The first-order chi connectivity index (χ1) is 8.97. The Morgan fingerprint density at radius 1 is 1.26 bits per heavy atom. The molecule has 1 amide bonds. The van der Waals surface area contributed by atoms with Gasteiger partial charge in [0.1, 0.15) is 5.78 Å². The van der Waals surface area contributed by atoms with Crippen LogP contribution in [0.5, 0.6) is 0 Å². The number of hydrogen-bond acceptors (Lipinski definition) is 3. The molecule has 1 atom stereocenters. The van der Waals surface area contributed by atoms with Crippen LogP contribution in [-0.2, 0) is 9.59 Å². The summed E-state index contributed by atoms with van der Waals surface area (Å²) < 4.78 is 0. The van der Waals surface area contributed by atoms with Crippen LogP contribution in [-0.4, -0.2) is 24.3 Å². The Hall–Kier alpha value is -1.42. The topological polar surface area (TPSA) is 72.2 Å². The number of allylic oxidation sites excluding steroid dienone is 2. The monoisotopic (exact) mass is 270 g/mol. The average molecular weight is 270 g/mol. The molecule has 0 spiro atoms. The number of carbonyl (C=O) groups is 2. The Kier molecular flexibility index (Phi) is 19.8. The lowest BCUT2D eigenvalue weighted by molar-refractivity contribution is -0.125. The summed E-state index contributed by atoms with van der Waals surface area (Å²) in [5.41, 5.74) is 6.41. The van der Waals surface area contributed by atoms with Gasteiger partial charge in [-0.25, -0.2) is 0 Å². The van der Waals surface area contributed by atoms with Crippen LogP contribution < -0.4 is 11.1 Å². The van der Waals surface area contributed by atoms with Gasteiger partial charge in [0, 0.05) is 0 Å². The third-order valence-electron chi connectivity index (χ3n) is 1.73. The van der Waals surface area contributed by atoms with Gasteiger partial charge in [-0.2, -0.15) is 0 Å². The van der Waals surface area contributed by atoms with Crippen molar-refractivity contribution in [2.45, 2.75) is 54.0 Å². The molecule has 4 heteroatoms. The summed E-state index contributed by atoms with van der Waals surface area (Å²) in [6.07, 6.45) is 4.04. The molecule has 19 heavy (non-hydrogen) atoms. The zero-order chi connectivity index (χ0) is 15.8. The first-order valence-corrected chi connectivity index (χ1v) is 6.80. The Morgan fingerprint density at radius 3 is 2.11 bits per heavy atom. The maximum Gasteiger partial charge on any atom is 0.237 e. The van der Waals surface area contributed by atoms with Crippen molar-refractivity contribution in [2.75, 3.05) is 6.54 Å². The molecule has 0 aliphatic rings. The number of amides is 1. The van der Waals surface area contributed by atoms with Crippen molar-refractivity contribution in [3.05, 3.63) is 24.3 Å². The summed E-state index contributed by atoms with van der Waals surface area (Å²) in [4.78, 5) is 21.9. The molecular weight excluding hydrogens is 240 g/mol. The molecule has 0 radical (unpaired) electrons. The predicted molar refractivity (Wildman–Crippen MR) is 82.9 cm³/mol. The average Bonchev–Trinajstić information content (AvgIpc) is 2.40. The lowest BCUT2D eigenvalue weighted by Gasteiger charge is -2.11. The zero-order valence-electron chi connectivity index (χ0n) is 13.2. The van der Waals surface area contributed by atoms with Gasteiger partial charge >= 0.3 is 0 Å². The number of ketones is 1. The summed E-state index contributed by atoms with van der Waals surface area (Å²) >= 11 is 0. The standard InChI is InChI=1S/C11H18N2O2.2C2H6/c1-4-5-8(2)6-10(12)11(15)13-7-9(3)14;2*1-2/h4-5,10H,2,6-7,12H2,1,3H3,(H,13,15);2*1-2H3/b5-4-;;. The fraction of sp³-hybridized carbons (Fsp3) is 0.600. The molecule has 112 valence electrons. The van der Waals surface area contributed by atoms with Gasteiger partial charge in [-0.1, -0.05) is 52.0 Å². The van der Waals surface area contributed by atoms with E-state index in [0.717, 1.165) is 5.57 Å². The van der Waals surface area contributed by atoms with Crippen molar-refractivity contribution in [3.8, 4) is 0 Å². The summed E-state index contributed by atoms with van der Waals surface area (Å²) in [6.45, 7) is 15.1. The molecule has 0 bridgehead atoms. The van der Waals surface area contributed by atoms with Crippen LogP contribution in [0.4, 0.5) is 0 Å². The highest BCUT2D eigenvalue weighted by Crippen LogP contribution is 2.02. The molecular formula is C15H30N2O2. The first-order valence-electron chi connectivity index (χ1n) is 6.80. The van der Waals surface area contributed by atoms with Gasteiger partial charge in [0.15, 0.2) is 0 Å². The van der Waals surface area contributed by atoms with Gasteiger partial charge in [0.25, 0.3) is 0 Å². The van der Waals surface area contributed by atoms with E-state index in [1.807, 2.05) is 40.7 Å². The molecule has 0 aliphatic heterocycles. The second-order valence-electron chi connectivity index (χ2n) is 3.39. The van der Waals surface area contributed by atoms with Crippen LogP contribution in [0.2, 0.25) is 0 Å². The maximum atomic E-state index is 11.3. The number of carbonyl (C=O) groups excluding carboxylic acids is 2. The molecule has 4 nitrogen and oxygen atoms in total. The van der Waals surface area contributed by atoms with Crippen LogP contribution in [0, 0.1) is 0 Å². The van der Waals surface area contributed by atoms with Crippen molar-refractivity contribution < 1.29 is 9.59 Å². The molecule has 0 aromatic rings. The molecule has 0 aromatic carbocycles. The Labute approximate surface area is 118 Å². The van der Waals surface area contributed by atoms with Crippen molar-refractivity contribution in [3.63, 3.8) is 0 Å². The molecule has 0 heterocycles. The molecule has 0 aromatic heterocycles. The Balaban J connectivity index is -0.000000579. The smallest absolute Gasteiger partial charge is 0.237 e. The van der Waals surface area contributed by atoms with Crippen molar-refractivity contribution >= 4 is 11.7 Å². The second kappa shape index (κ2) is 16.6.